The van der Waals surface area contributed by atoms with Crippen LogP contribution in [0.25, 0.3) is 0 Å². The smallest absolute Gasteiger partial charge is 0.306 e. The van der Waals surface area contributed by atoms with E-state index in [1.54, 1.807) is 0 Å². The highest BCUT2D eigenvalue weighted by Crippen LogP contribution is 2.17. The second-order valence-corrected chi connectivity index (χ2v) is 21.6. The quantitative estimate of drug-likeness (QED) is 0.0261. The summed E-state index contributed by atoms with van der Waals surface area (Å²) < 4.78 is 16.9. The van der Waals surface area contributed by atoms with Crippen molar-refractivity contribution in [1.29, 1.82) is 0 Å². The molecule has 6 heteroatoms. The molecule has 0 aromatic rings. The number of carbonyl (C=O) groups excluding carboxylic acids is 3. The first kappa shape index (κ1) is 70.4. The Hall–Kier alpha value is -2.63. The largest absolute Gasteiger partial charge is 0.462 e. The minimum absolute atomic E-state index is 0.0754. The molecular formula is C67H122O6. The van der Waals surface area contributed by atoms with E-state index in [9.17, 15) is 14.4 Å². The predicted octanol–water partition coefficient (Wildman–Crippen LogP) is 21.8. The van der Waals surface area contributed by atoms with Gasteiger partial charge in [0, 0.05) is 19.3 Å². The second kappa shape index (κ2) is 61.9. The van der Waals surface area contributed by atoms with Crippen molar-refractivity contribution in [1.82, 2.24) is 0 Å². The van der Waals surface area contributed by atoms with Gasteiger partial charge in [0.15, 0.2) is 6.10 Å². The van der Waals surface area contributed by atoms with Crippen LogP contribution in [0.3, 0.4) is 0 Å². The summed E-state index contributed by atoms with van der Waals surface area (Å²) in [5.74, 6) is -0.872. The molecule has 1 unspecified atom stereocenters. The van der Waals surface area contributed by atoms with Gasteiger partial charge in [-0.25, -0.2) is 0 Å². The number of rotatable bonds is 59. The highest BCUT2D eigenvalue weighted by Gasteiger charge is 2.19. The summed E-state index contributed by atoms with van der Waals surface area (Å²) in [4.78, 5) is 38.3. The molecule has 0 spiro atoms. The first-order valence-corrected chi connectivity index (χ1v) is 32.1. The Kier molecular flexibility index (Phi) is 59.7. The number of allylic oxidation sites excluding steroid dienone is 8. The third-order valence-corrected chi connectivity index (χ3v) is 14.3. The molecule has 73 heavy (non-hydrogen) atoms. The number of hydrogen-bond acceptors (Lipinski definition) is 6. The van der Waals surface area contributed by atoms with E-state index in [0.29, 0.717) is 19.3 Å². The minimum atomic E-state index is -0.779. The van der Waals surface area contributed by atoms with Crippen LogP contribution >= 0.6 is 0 Å². The number of esters is 3. The summed E-state index contributed by atoms with van der Waals surface area (Å²) in [6.07, 6.45) is 76.9. The predicted molar refractivity (Wildman–Crippen MR) is 316 cm³/mol. The zero-order chi connectivity index (χ0) is 52.9. The third-order valence-electron chi connectivity index (χ3n) is 14.3. The monoisotopic (exact) mass is 1020 g/mol. The molecule has 0 bridgehead atoms. The van der Waals surface area contributed by atoms with Crippen molar-refractivity contribution in [2.75, 3.05) is 13.2 Å². The van der Waals surface area contributed by atoms with Crippen LogP contribution in [0.5, 0.6) is 0 Å². The number of hydrogen-bond donors (Lipinski definition) is 0. The normalized spacial score (nSPS) is 12.3. The molecule has 426 valence electrons. The van der Waals surface area contributed by atoms with Crippen LogP contribution in [0.4, 0.5) is 0 Å². The molecular weight excluding hydrogens is 901 g/mol. The molecule has 0 aromatic carbocycles. The average molecular weight is 1020 g/mol. The Bertz CT molecular complexity index is 1270. The number of carbonyl (C=O) groups is 3. The fourth-order valence-electron chi connectivity index (χ4n) is 9.51. The Morgan fingerprint density at radius 2 is 0.534 bits per heavy atom. The third kappa shape index (κ3) is 60.1. The van der Waals surface area contributed by atoms with E-state index >= 15 is 0 Å². The first-order valence-electron chi connectivity index (χ1n) is 32.1. The Morgan fingerprint density at radius 1 is 0.288 bits per heavy atom. The molecule has 0 aliphatic heterocycles. The van der Waals surface area contributed by atoms with Gasteiger partial charge >= 0.3 is 17.9 Å². The van der Waals surface area contributed by atoms with E-state index in [1.807, 2.05) is 0 Å². The highest BCUT2D eigenvalue weighted by molar-refractivity contribution is 5.71. The van der Waals surface area contributed by atoms with Gasteiger partial charge in [0.1, 0.15) is 13.2 Å². The molecule has 0 aromatic heterocycles. The fraction of sp³-hybridized carbons (Fsp3) is 0.836. The van der Waals surface area contributed by atoms with E-state index < -0.39 is 6.10 Å². The van der Waals surface area contributed by atoms with E-state index in [2.05, 4.69) is 69.4 Å². The lowest BCUT2D eigenvalue weighted by molar-refractivity contribution is -0.167. The van der Waals surface area contributed by atoms with Gasteiger partial charge in [0.25, 0.3) is 0 Å². The first-order chi connectivity index (χ1) is 36.0. The number of ether oxygens (including phenoxy) is 3. The molecule has 0 rings (SSSR count). The summed E-state index contributed by atoms with van der Waals surface area (Å²) >= 11 is 0. The summed E-state index contributed by atoms with van der Waals surface area (Å²) in [6.45, 7) is 6.57. The van der Waals surface area contributed by atoms with E-state index in [1.165, 1.54) is 205 Å². The molecule has 0 amide bonds. The standard InChI is InChI=1S/C67H122O6/c1-4-7-10-13-16-19-22-25-28-30-31-32-33-34-35-37-39-42-45-48-51-54-57-60-66(69)72-63-64(62-71-65(68)59-56-53-50-47-44-41-38-27-24-21-18-15-12-9-6-3)73-67(70)61-58-55-52-49-46-43-40-36-29-26-23-20-17-14-11-8-5-2/h9,12,18,21,27,30-31,38,64H,4-8,10-11,13-17,19-20,22-26,28-29,32-37,39-63H2,1-3H3/b12-9-,21-18-,31-30-,38-27-. The molecule has 0 aliphatic rings. The molecule has 0 N–H and O–H groups in total. The van der Waals surface area contributed by atoms with Crippen LogP contribution in [-0.4, -0.2) is 37.2 Å². The Labute approximate surface area is 454 Å². The van der Waals surface area contributed by atoms with Crippen molar-refractivity contribution >= 4 is 17.9 Å². The summed E-state index contributed by atoms with van der Waals surface area (Å²) in [5, 5.41) is 0. The molecule has 6 nitrogen and oxygen atoms in total. The molecule has 1 atom stereocenters. The molecule has 0 heterocycles. The van der Waals surface area contributed by atoms with Crippen molar-refractivity contribution in [3.8, 4) is 0 Å². The molecule has 0 saturated heterocycles. The van der Waals surface area contributed by atoms with Gasteiger partial charge in [0.2, 0.25) is 0 Å². The van der Waals surface area contributed by atoms with Crippen molar-refractivity contribution in [3.63, 3.8) is 0 Å². The minimum Gasteiger partial charge on any atom is -0.462 e. The van der Waals surface area contributed by atoms with Gasteiger partial charge in [0.05, 0.1) is 0 Å². The van der Waals surface area contributed by atoms with Gasteiger partial charge in [-0.15, -0.1) is 0 Å². The van der Waals surface area contributed by atoms with Gasteiger partial charge in [-0.1, -0.05) is 294 Å². The van der Waals surface area contributed by atoms with Gasteiger partial charge < -0.3 is 14.2 Å². The summed E-state index contributed by atoms with van der Waals surface area (Å²) in [6, 6.07) is 0. The maximum atomic E-state index is 12.9. The lowest BCUT2D eigenvalue weighted by Crippen LogP contribution is -2.30. The number of unbranched alkanes of at least 4 members (excludes halogenated alkanes) is 40. The highest BCUT2D eigenvalue weighted by atomic mass is 16.6. The Morgan fingerprint density at radius 3 is 0.849 bits per heavy atom. The molecule has 0 radical (unpaired) electrons. The Balaban J connectivity index is 4.30. The molecule has 0 fully saturated rings. The molecule has 0 aliphatic carbocycles. The van der Waals surface area contributed by atoms with Crippen LogP contribution in [-0.2, 0) is 28.6 Å². The van der Waals surface area contributed by atoms with E-state index in [4.69, 9.17) is 14.2 Å². The van der Waals surface area contributed by atoms with Crippen LogP contribution in [0.2, 0.25) is 0 Å². The van der Waals surface area contributed by atoms with Crippen molar-refractivity contribution < 1.29 is 28.6 Å². The zero-order valence-corrected chi connectivity index (χ0v) is 48.9. The lowest BCUT2D eigenvalue weighted by Gasteiger charge is -2.18. The van der Waals surface area contributed by atoms with Crippen molar-refractivity contribution in [3.05, 3.63) is 48.6 Å². The molecule has 0 saturated carbocycles. The second-order valence-electron chi connectivity index (χ2n) is 21.6. The van der Waals surface area contributed by atoms with Gasteiger partial charge in [-0.05, 0) is 77.0 Å². The summed E-state index contributed by atoms with van der Waals surface area (Å²) in [7, 11) is 0. The van der Waals surface area contributed by atoms with Crippen LogP contribution in [0.15, 0.2) is 48.6 Å². The van der Waals surface area contributed by atoms with Crippen molar-refractivity contribution in [2.45, 2.75) is 348 Å². The van der Waals surface area contributed by atoms with E-state index in [0.717, 1.165) is 96.3 Å². The maximum Gasteiger partial charge on any atom is 0.306 e. The van der Waals surface area contributed by atoms with Gasteiger partial charge in [-0.2, -0.15) is 0 Å². The van der Waals surface area contributed by atoms with Crippen LogP contribution in [0.1, 0.15) is 342 Å². The van der Waals surface area contributed by atoms with Gasteiger partial charge in [-0.3, -0.25) is 14.4 Å². The average Bonchev–Trinajstić information content (AvgIpc) is 3.39. The van der Waals surface area contributed by atoms with Crippen LogP contribution in [0, 0.1) is 0 Å². The van der Waals surface area contributed by atoms with E-state index in [-0.39, 0.29) is 31.1 Å². The lowest BCUT2D eigenvalue weighted by atomic mass is 10.0. The fourth-order valence-corrected chi connectivity index (χ4v) is 9.51. The zero-order valence-electron chi connectivity index (χ0n) is 48.9. The van der Waals surface area contributed by atoms with Crippen LogP contribution < -0.4 is 0 Å². The maximum absolute atomic E-state index is 12.9. The summed E-state index contributed by atoms with van der Waals surface area (Å²) in [5.41, 5.74) is 0. The SMILES string of the molecule is CC/C=C\C/C=C\C/C=C\CCCCCCCC(=O)OCC(COC(=O)CCCCCCCCCCCCC/C=C\CCCCCCCCCC)OC(=O)CCCCCCCCCCCCCCCCCCC. The topological polar surface area (TPSA) is 78.9 Å². The van der Waals surface area contributed by atoms with Crippen molar-refractivity contribution in [2.24, 2.45) is 0 Å².